The van der Waals surface area contributed by atoms with Crippen molar-refractivity contribution < 1.29 is 13.9 Å². The second-order valence-electron chi connectivity index (χ2n) is 5.99. The van der Waals surface area contributed by atoms with Gasteiger partial charge in [-0.3, -0.25) is 9.69 Å². The third-order valence-electron chi connectivity index (χ3n) is 4.09. The molecule has 3 rings (SSSR count). The van der Waals surface area contributed by atoms with Crippen molar-refractivity contribution >= 4 is 11.6 Å². The molecular weight excluding hydrogens is 307 g/mol. The summed E-state index contributed by atoms with van der Waals surface area (Å²) in [5.41, 5.74) is 2.75. The summed E-state index contributed by atoms with van der Waals surface area (Å²) in [7, 11) is 0. The topological polar surface area (TPSA) is 41.6 Å². The van der Waals surface area contributed by atoms with Gasteiger partial charge in [0.1, 0.15) is 5.82 Å². The molecule has 1 amide bonds. The summed E-state index contributed by atoms with van der Waals surface area (Å²) in [5, 5.41) is 2.87. The van der Waals surface area contributed by atoms with Gasteiger partial charge in [0, 0.05) is 32.2 Å². The summed E-state index contributed by atoms with van der Waals surface area (Å²) < 4.78 is 19.2. The molecule has 1 fully saturated rings. The monoisotopic (exact) mass is 328 g/mol. The Morgan fingerprint density at radius 2 is 2.12 bits per heavy atom. The first-order chi connectivity index (χ1) is 11.6. The molecule has 1 heterocycles. The van der Waals surface area contributed by atoms with Gasteiger partial charge in [0.15, 0.2) is 0 Å². The molecule has 1 atom stereocenters. The number of hydrogen-bond donors (Lipinski definition) is 1. The highest BCUT2D eigenvalue weighted by atomic mass is 19.1. The van der Waals surface area contributed by atoms with Gasteiger partial charge in [-0.15, -0.1) is 0 Å². The minimum atomic E-state index is -0.246. The Hall–Kier alpha value is -2.24. The number of carbonyl (C=O) groups excluding carboxylic acids is 1. The number of carbonyl (C=O) groups is 1. The zero-order valence-electron chi connectivity index (χ0n) is 13.7. The van der Waals surface area contributed by atoms with Gasteiger partial charge in [0.05, 0.1) is 12.7 Å². The number of rotatable bonds is 4. The number of nitrogens with zero attached hydrogens (tertiary/aromatic N) is 1. The molecule has 4 nitrogen and oxygen atoms in total. The number of hydrogen-bond acceptors (Lipinski definition) is 3. The van der Waals surface area contributed by atoms with Crippen molar-refractivity contribution in [2.24, 2.45) is 0 Å². The van der Waals surface area contributed by atoms with Gasteiger partial charge in [-0.1, -0.05) is 30.3 Å². The summed E-state index contributed by atoms with van der Waals surface area (Å²) >= 11 is 0. The van der Waals surface area contributed by atoms with Gasteiger partial charge in [-0.25, -0.2) is 4.39 Å². The standard InChI is InChI=1S/C19H21FN2O2/c1-14(23)21-18-8-3-2-5-16(18)12-22-9-10-24-19(13-22)15-6-4-7-17(20)11-15/h2-8,11,19H,9-10,12-13H2,1H3,(H,21,23)/t19-/m0/s1. The third-order valence-corrected chi connectivity index (χ3v) is 4.09. The fourth-order valence-electron chi connectivity index (χ4n) is 2.97. The summed E-state index contributed by atoms with van der Waals surface area (Å²) in [6, 6.07) is 14.3. The van der Waals surface area contributed by atoms with Crippen LogP contribution in [0.2, 0.25) is 0 Å². The Bertz CT molecular complexity index is 720. The largest absolute Gasteiger partial charge is 0.371 e. The van der Waals surface area contributed by atoms with Crippen molar-refractivity contribution in [3.8, 4) is 0 Å². The number of ether oxygens (including phenoxy) is 1. The highest BCUT2D eigenvalue weighted by molar-refractivity contribution is 5.89. The Morgan fingerprint density at radius 1 is 1.29 bits per heavy atom. The maximum absolute atomic E-state index is 13.4. The van der Waals surface area contributed by atoms with Crippen LogP contribution in [0, 0.1) is 5.82 Å². The Kier molecular flexibility index (Phi) is 5.23. The zero-order valence-corrected chi connectivity index (χ0v) is 13.7. The highest BCUT2D eigenvalue weighted by Crippen LogP contribution is 2.25. The van der Waals surface area contributed by atoms with Crippen LogP contribution in [-0.4, -0.2) is 30.5 Å². The third kappa shape index (κ3) is 4.19. The predicted molar refractivity (Wildman–Crippen MR) is 91.1 cm³/mol. The van der Waals surface area contributed by atoms with E-state index in [4.69, 9.17) is 4.74 Å². The number of morpholine rings is 1. The highest BCUT2D eigenvalue weighted by Gasteiger charge is 2.23. The van der Waals surface area contributed by atoms with Crippen LogP contribution in [0.5, 0.6) is 0 Å². The van der Waals surface area contributed by atoms with Gasteiger partial charge in [0.25, 0.3) is 0 Å². The van der Waals surface area contributed by atoms with E-state index in [2.05, 4.69) is 10.2 Å². The first-order valence-electron chi connectivity index (χ1n) is 8.07. The fourth-order valence-corrected chi connectivity index (χ4v) is 2.97. The van der Waals surface area contributed by atoms with Crippen molar-refractivity contribution in [1.29, 1.82) is 0 Å². The summed E-state index contributed by atoms with van der Waals surface area (Å²) in [4.78, 5) is 13.6. The van der Waals surface area contributed by atoms with Crippen LogP contribution in [0.25, 0.3) is 0 Å². The lowest BCUT2D eigenvalue weighted by Gasteiger charge is -2.33. The molecule has 0 radical (unpaired) electrons. The molecule has 0 bridgehead atoms. The van der Waals surface area contributed by atoms with E-state index in [1.165, 1.54) is 19.1 Å². The fraction of sp³-hybridized carbons (Fsp3) is 0.316. The smallest absolute Gasteiger partial charge is 0.221 e. The molecule has 1 aliphatic rings. The van der Waals surface area contributed by atoms with E-state index >= 15 is 0 Å². The van der Waals surface area contributed by atoms with Gasteiger partial charge in [-0.2, -0.15) is 0 Å². The predicted octanol–water partition coefficient (Wildman–Crippen LogP) is 3.36. The van der Waals surface area contributed by atoms with Crippen molar-refractivity contribution in [1.82, 2.24) is 4.90 Å². The molecule has 2 aromatic carbocycles. The van der Waals surface area contributed by atoms with E-state index in [1.54, 1.807) is 6.07 Å². The first-order valence-corrected chi connectivity index (χ1v) is 8.07. The Labute approximate surface area is 141 Å². The molecule has 1 saturated heterocycles. The first kappa shape index (κ1) is 16.6. The number of halogens is 1. The normalized spacial score (nSPS) is 18.3. The maximum atomic E-state index is 13.4. The second-order valence-corrected chi connectivity index (χ2v) is 5.99. The van der Waals surface area contributed by atoms with Gasteiger partial charge in [0.2, 0.25) is 5.91 Å². The molecule has 0 spiro atoms. The lowest BCUT2D eigenvalue weighted by atomic mass is 10.1. The molecule has 0 unspecified atom stereocenters. The summed E-state index contributed by atoms with van der Waals surface area (Å²) in [5.74, 6) is -0.328. The van der Waals surface area contributed by atoms with Crippen LogP contribution in [0.3, 0.4) is 0 Å². The molecule has 1 N–H and O–H groups in total. The lowest BCUT2D eigenvalue weighted by molar-refractivity contribution is -0.114. The quantitative estimate of drug-likeness (QED) is 0.936. The number of benzene rings is 2. The molecule has 0 aromatic heterocycles. The van der Waals surface area contributed by atoms with Crippen molar-refractivity contribution in [2.45, 2.75) is 19.6 Å². The van der Waals surface area contributed by atoms with Gasteiger partial charge in [-0.05, 0) is 29.3 Å². The summed E-state index contributed by atoms with van der Waals surface area (Å²) in [6.07, 6.45) is -0.137. The maximum Gasteiger partial charge on any atom is 0.221 e. The molecule has 24 heavy (non-hydrogen) atoms. The van der Waals surface area contributed by atoms with Crippen LogP contribution >= 0.6 is 0 Å². The van der Waals surface area contributed by atoms with Crippen LogP contribution in [0.1, 0.15) is 24.2 Å². The van der Waals surface area contributed by atoms with Gasteiger partial charge >= 0.3 is 0 Å². The van der Waals surface area contributed by atoms with Crippen molar-refractivity contribution in [3.63, 3.8) is 0 Å². The minimum Gasteiger partial charge on any atom is -0.371 e. The molecule has 1 aliphatic heterocycles. The summed E-state index contributed by atoms with van der Waals surface area (Å²) in [6.45, 7) is 4.32. The van der Waals surface area contributed by atoms with Crippen LogP contribution in [-0.2, 0) is 16.1 Å². The average Bonchev–Trinajstić information content (AvgIpc) is 2.56. The van der Waals surface area contributed by atoms with E-state index < -0.39 is 0 Å². The molecule has 0 aliphatic carbocycles. The van der Waals surface area contributed by atoms with E-state index in [0.29, 0.717) is 19.7 Å². The number of anilines is 1. The Balaban J connectivity index is 1.71. The number of nitrogens with one attached hydrogen (secondary N) is 1. The number of amides is 1. The Morgan fingerprint density at radius 3 is 2.92 bits per heavy atom. The molecule has 2 aromatic rings. The molecular formula is C19H21FN2O2. The van der Waals surface area contributed by atoms with Crippen LogP contribution in [0.4, 0.5) is 10.1 Å². The second kappa shape index (κ2) is 7.55. The SMILES string of the molecule is CC(=O)Nc1ccccc1CN1CCO[C@H](c2cccc(F)c2)C1. The molecule has 5 heteroatoms. The van der Waals surface area contributed by atoms with Crippen molar-refractivity contribution in [3.05, 3.63) is 65.5 Å². The zero-order chi connectivity index (χ0) is 16.9. The molecule has 126 valence electrons. The van der Waals surface area contributed by atoms with Gasteiger partial charge < -0.3 is 10.1 Å². The van der Waals surface area contributed by atoms with E-state index in [-0.39, 0.29) is 17.8 Å². The van der Waals surface area contributed by atoms with Crippen LogP contribution < -0.4 is 5.32 Å². The lowest BCUT2D eigenvalue weighted by Crippen LogP contribution is -2.38. The number of para-hydroxylation sites is 1. The van der Waals surface area contributed by atoms with E-state index in [9.17, 15) is 9.18 Å². The molecule has 0 saturated carbocycles. The van der Waals surface area contributed by atoms with E-state index in [0.717, 1.165) is 23.4 Å². The minimum absolute atomic E-state index is 0.0814. The average molecular weight is 328 g/mol. The van der Waals surface area contributed by atoms with E-state index in [1.807, 2.05) is 30.3 Å². The van der Waals surface area contributed by atoms with Crippen LogP contribution in [0.15, 0.2) is 48.5 Å². The van der Waals surface area contributed by atoms with Crippen molar-refractivity contribution in [2.75, 3.05) is 25.0 Å².